The van der Waals surface area contributed by atoms with E-state index in [0.29, 0.717) is 0 Å². The van der Waals surface area contributed by atoms with Gasteiger partial charge >= 0.3 is 0 Å². The maximum atomic E-state index is 4.57. The van der Waals surface area contributed by atoms with Gasteiger partial charge in [-0.05, 0) is 28.8 Å². The number of nitrogens with zero attached hydrogens (tertiary/aromatic N) is 2. The van der Waals surface area contributed by atoms with Crippen molar-refractivity contribution in [2.45, 2.75) is 55.7 Å². The summed E-state index contributed by atoms with van der Waals surface area (Å²) in [5, 5.41) is 1.89. The number of hydrogen-bond acceptors (Lipinski definition) is 3. The summed E-state index contributed by atoms with van der Waals surface area (Å²) in [6.45, 7) is 2.09. The smallest absolute Gasteiger partial charge is 0.130 e. The highest BCUT2D eigenvalue weighted by atomic mass is 79.9. The zero-order chi connectivity index (χ0) is 11.4. The van der Waals surface area contributed by atoms with Crippen LogP contribution in [0.2, 0.25) is 0 Å². The number of thioether (sulfide) groups is 1. The van der Waals surface area contributed by atoms with Crippen LogP contribution in [-0.2, 0) is 6.42 Å². The summed E-state index contributed by atoms with van der Waals surface area (Å²) in [6, 6.07) is 2.04. The molecule has 1 aliphatic carbocycles. The van der Waals surface area contributed by atoms with Crippen molar-refractivity contribution in [3.63, 3.8) is 0 Å². The number of halogens is 1. The lowest BCUT2D eigenvalue weighted by atomic mass is 10.0. The molecule has 0 saturated heterocycles. The highest BCUT2D eigenvalue weighted by Crippen LogP contribution is 2.33. The van der Waals surface area contributed by atoms with Crippen molar-refractivity contribution in [3.8, 4) is 0 Å². The van der Waals surface area contributed by atoms with Gasteiger partial charge in [-0.15, -0.1) is 11.8 Å². The van der Waals surface area contributed by atoms with Crippen LogP contribution in [0, 0.1) is 0 Å². The van der Waals surface area contributed by atoms with Crippen LogP contribution < -0.4 is 0 Å². The van der Waals surface area contributed by atoms with Gasteiger partial charge in [-0.25, -0.2) is 9.97 Å². The van der Waals surface area contributed by atoms with E-state index in [2.05, 4.69) is 32.8 Å². The van der Waals surface area contributed by atoms with E-state index in [1.54, 1.807) is 0 Å². The van der Waals surface area contributed by atoms with Gasteiger partial charge in [0, 0.05) is 17.7 Å². The Morgan fingerprint density at radius 1 is 1.31 bits per heavy atom. The van der Waals surface area contributed by atoms with Gasteiger partial charge in [-0.1, -0.05) is 26.2 Å². The number of aryl methyl sites for hydroxylation is 1. The van der Waals surface area contributed by atoms with Gasteiger partial charge in [0.25, 0.3) is 0 Å². The molecule has 2 rings (SSSR count). The normalized spacial score (nSPS) is 17.6. The van der Waals surface area contributed by atoms with Crippen molar-refractivity contribution in [1.29, 1.82) is 0 Å². The first-order valence-electron chi connectivity index (χ1n) is 5.98. The number of aromatic nitrogens is 2. The molecular weight excluding hydrogens is 284 g/mol. The second-order valence-electron chi connectivity index (χ2n) is 4.18. The second kappa shape index (κ2) is 6.01. The molecule has 0 aromatic carbocycles. The number of rotatable bonds is 3. The Morgan fingerprint density at radius 3 is 2.75 bits per heavy atom. The predicted molar refractivity (Wildman–Crippen MR) is 71.8 cm³/mol. The summed E-state index contributed by atoms with van der Waals surface area (Å²) in [5.74, 6) is 0.938. The average Bonchev–Trinajstić information content (AvgIpc) is 2.29. The minimum atomic E-state index is 0.764. The van der Waals surface area contributed by atoms with Crippen molar-refractivity contribution in [2.24, 2.45) is 0 Å². The highest BCUT2D eigenvalue weighted by Gasteiger charge is 2.15. The highest BCUT2D eigenvalue weighted by molar-refractivity contribution is 9.10. The Bertz CT molecular complexity index is 351. The van der Waals surface area contributed by atoms with Gasteiger partial charge in [0.15, 0.2) is 0 Å². The van der Waals surface area contributed by atoms with Crippen LogP contribution in [0.4, 0.5) is 0 Å². The zero-order valence-corrected chi connectivity index (χ0v) is 12.0. The molecule has 0 spiro atoms. The van der Waals surface area contributed by atoms with Gasteiger partial charge < -0.3 is 0 Å². The Morgan fingerprint density at radius 2 is 2.06 bits per heavy atom. The molecule has 88 valence electrons. The molecule has 1 heterocycles. The van der Waals surface area contributed by atoms with E-state index in [1.165, 1.54) is 32.1 Å². The molecule has 1 aromatic heterocycles. The standard InChI is InChI=1S/C12H17BrN2S/c1-2-11-14-10(13)8-12(15-11)16-9-6-4-3-5-7-9/h8-9H,2-7H2,1H3. The fraction of sp³-hybridized carbons (Fsp3) is 0.667. The maximum absolute atomic E-state index is 4.57. The molecule has 1 fully saturated rings. The fourth-order valence-electron chi connectivity index (χ4n) is 2.01. The molecule has 0 unspecified atom stereocenters. The molecule has 0 amide bonds. The van der Waals surface area contributed by atoms with Gasteiger partial charge in [0.05, 0.1) is 0 Å². The van der Waals surface area contributed by atoms with Gasteiger partial charge in [0.1, 0.15) is 15.5 Å². The number of hydrogen-bond donors (Lipinski definition) is 0. The maximum Gasteiger partial charge on any atom is 0.130 e. The van der Waals surface area contributed by atoms with E-state index < -0.39 is 0 Å². The lowest BCUT2D eigenvalue weighted by Crippen LogP contribution is -2.08. The first kappa shape index (κ1) is 12.4. The molecule has 1 aliphatic rings. The van der Waals surface area contributed by atoms with Crippen LogP contribution in [0.25, 0.3) is 0 Å². The van der Waals surface area contributed by atoms with Crippen LogP contribution in [0.3, 0.4) is 0 Å². The van der Waals surface area contributed by atoms with E-state index in [1.807, 2.05) is 17.8 Å². The van der Waals surface area contributed by atoms with E-state index >= 15 is 0 Å². The summed E-state index contributed by atoms with van der Waals surface area (Å²) < 4.78 is 0.914. The van der Waals surface area contributed by atoms with Gasteiger partial charge in [-0.3, -0.25) is 0 Å². The van der Waals surface area contributed by atoms with Crippen molar-refractivity contribution in [3.05, 3.63) is 16.5 Å². The van der Waals surface area contributed by atoms with E-state index in [4.69, 9.17) is 0 Å². The van der Waals surface area contributed by atoms with Crippen LogP contribution in [0.15, 0.2) is 15.7 Å². The lowest BCUT2D eigenvalue weighted by Gasteiger charge is -2.20. The SMILES string of the molecule is CCc1nc(Br)cc(SC2CCCCC2)n1. The first-order valence-corrected chi connectivity index (χ1v) is 7.65. The molecule has 0 radical (unpaired) electrons. The molecule has 4 heteroatoms. The van der Waals surface area contributed by atoms with Crippen molar-refractivity contribution in [2.75, 3.05) is 0 Å². The van der Waals surface area contributed by atoms with Crippen molar-refractivity contribution in [1.82, 2.24) is 9.97 Å². The summed E-state index contributed by atoms with van der Waals surface area (Å²) >= 11 is 5.38. The van der Waals surface area contributed by atoms with Gasteiger partial charge in [-0.2, -0.15) is 0 Å². The Kier molecular flexibility index (Phi) is 4.65. The Hall–Kier alpha value is -0.0900. The molecule has 16 heavy (non-hydrogen) atoms. The quantitative estimate of drug-likeness (QED) is 0.781. The van der Waals surface area contributed by atoms with Crippen LogP contribution in [0.5, 0.6) is 0 Å². The second-order valence-corrected chi connectivity index (χ2v) is 6.31. The first-order chi connectivity index (χ1) is 7.78. The molecular formula is C12H17BrN2S. The van der Waals surface area contributed by atoms with Gasteiger partial charge in [0.2, 0.25) is 0 Å². The van der Waals surface area contributed by atoms with Crippen molar-refractivity contribution >= 4 is 27.7 Å². The molecule has 0 atom stereocenters. The molecule has 0 N–H and O–H groups in total. The lowest BCUT2D eigenvalue weighted by molar-refractivity contribution is 0.515. The summed E-state index contributed by atoms with van der Waals surface area (Å²) in [4.78, 5) is 8.91. The largest absolute Gasteiger partial charge is 0.227 e. The molecule has 0 aliphatic heterocycles. The van der Waals surface area contributed by atoms with E-state index in [9.17, 15) is 0 Å². The van der Waals surface area contributed by atoms with Crippen LogP contribution >= 0.6 is 27.7 Å². The molecule has 0 bridgehead atoms. The monoisotopic (exact) mass is 300 g/mol. The molecule has 1 aromatic rings. The summed E-state index contributed by atoms with van der Waals surface area (Å²) in [5.41, 5.74) is 0. The fourth-order valence-corrected chi connectivity index (χ4v) is 3.84. The minimum Gasteiger partial charge on any atom is -0.227 e. The third-order valence-electron chi connectivity index (χ3n) is 2.87. The van der Waals surface area contributed by atoms with Crippen molar-refractivity contribution < 1.29 is 0 Å². The van der Waals surface area contributed by atoms with E-state index in [0.717, 1.165) is 27.1 Å². The summed E-state index contributed by atoms with van der Waals surface area (Å²) in [7, 11) is 0. The predicted octanol–water partition coefficient (Wildman–Crippen LogP) is 4.23. The molecule has 2 nitrogen and oxygen atoms in total. The summed E-state index contributed by atoms with van der Waals surface area (Å²) in [6.07, 6.45) is 7.75. The minimum absolute atomic E-state index is 0.764. The third kappa shape index (κ3) is 3.45. The third-order valence-corrected chi connectivity index (χ3v) is 4.54. The topological polar surface area (TPSA) is 25.8 Å². The Labute approximate surface area is 110 Å². The van der Waals surface area contributed by atoms with Crippen LogP contribution in [-0.4, -0.2) is 15.2 Å². The zero-order valence-electron chi connectivity index (χ0n) is 9.58. The Balaban J connectivity index is 2.04. The molecule has 1 saturated carbocycles. The van der Waals surface area contributed by atoms with Crippen LogP contribution in [0.1, 0.15) is 44.9 Å². The average molecular weight is 301 g/mol. The van der Waals surface area contributed by atoms with E-state index in [-0.39, 0.29) is 0 Å².